The molecule has 18 heavy (non-hydrogen) atoms. The van der Waals surface area contributed by atoms with Crippen molar-refractivity contribution in [1.29, 1.82) is 0 Å². The molecule has 1 aliphatic rings. The number of carbonyl (C=O) groups is 1. The third kappa shape index (κ3) is 3.04. The molecule has 1 saturated heterocycles. The van der Waals surface area contributed by atoms with Crippen molar-refractivity contribution >= 4 is 5.91 Å². The molecule has 0 spiro atoms. The Morgan fingerprint density at radius 2 is 2.44 bits per heavy atom. The SMILES string of the molecule is CNCC1CCCN(C(=O)c2ccc(F)cn2)C1. The van der Waals surface area contributed by atoms with E-state index in [2.05, 4.69) is 10.3 Å². The van der Waals surface area contributed by atoms with Gasteiger partial charge >= 0.3 is 0 Å². The fourth-order valence-electron chi connectivity index (χ4n) is 2.37. The van der Waals surface area contributed by atoms with Gasteiger partial charge in [-0.1, -0.05) is 0 Å². The van der Waals surface area contributed by atoms with E-state index in [1.165, 1.54) is 12.1 Å². The zero-order valence-corrected chi connectivity index (χ0v) is 10.5. The van der Waals surface area contributed by atoms with Gasteiger partial charge in [0.1, 0.15) is 11.5 Å². The van der Waals surface area contributed by atoms with Crippen molar-refractivity contribution < 1.29 is 9.18 Å². The number of amides is 1. The minimum absolute atomic E-state index is 0.101. The van der Waals surface area contributed by atoms with Crippen molar-refractivity contribution in [2.24, 2.45) is 5.92 Å². The molecule has 1 aromatic rings. The molecule has 1 fully saturated rings. The van der Waals surface area contributed by atoms with Crippen LogP contribution < -0.4 is 5.32 Å². The van der Waals surface area contributed by atoms with Crippen molar-refractivity contribution in [2.45, 2.75) is 12.8 Å². The van der Waals surface area contributed by atoms with Gasteiger partial charge in [-0.2, -0.15) is 0 Å². The molecular formula is C13H18FN3O. The normalized spacial score (nSPS) is 19.9. The predicted octanol–water partition coefficient (Wildman–Crippen LogP) is 1.29. The lowest BCUT2D eigenvalue weighted by Crippen LogP contribution is -2.42. The lowest BCUT2D eigenvalue weighted by Gasteiger charge is -2.32. The van der Waals surface area contributed by atoms with Crippen LogP contribution in [0, 0.1) is 11.7 Å². The summed E-state index contributed by atoms with van der Waals surface area (Å²) in [4.78, 5) is 17.8. The summed E-state index contributed by atoms with van der Waals surface area (Å²) in [6, 6.07) is 2.72. The summed E-state index contributed by atoms with van der Waals surface area (Å²) in [6.45, 7) is 2.43. The Labute approximate surface area is 106 Å². The van der Waals surface area contributed by atoms with Crippen molar-refractivity contribution in [3.8, 4) is 0 Å². The second kappa shape index (κ2) is 5.91. The summed E-state index contributed by atoms with van der Waals surface area (Å²) < 4.78 is 12.8. The maximum absolute atomic E-state index is 12.8. The highest BCUT2D eigenvalue weighted by molar-refractivity contribution is 5.92. The Morgan fingerprint density at radius 1 is 1.61 bits per heavy atom. The van der Waals surface area contributed by atoms with E-state index in [0.29, 0.717) is 11.6 Å². The van der Waals surface area contributed by atoms with Gasteiger partial charge in [0.15, 0.2) is 0 Å². The van der Waals surface area contributed by atoms with Gasteiger partial charge in [0.05, 0.1) is 6.20 Å². The number of carbonyl (C=O) groups excluding carboxylic acids is 1. The van der Waals surface area contributed by atoms with E-state index in [9.17, 15) is 9.18 Å². The molecule has 0 saturated carbocycles. The van der Waals surface area contributed by atoms with Gasteiger partial charge < -0.3 is 10.2 Å². The fourth-order valence-corrected chi connectivity index (χ4v) is 2.37. The van der Waals surface area contributed by atoms with Crippen LogP contribution >= 0.6 is 0 Å². The maximum Gasteiger partial charge on any atom is 0.272 e. The molecule has 2 heterocycles. The largest absolute Gasteiger partial charge is 0.337 e. The fraction of sp³-hybridized carbons (Fsp3) is 0.538. The van der Waals surface area contributed by atoms with E-state index >= 15 is 0 Å². The molecule has 0 aliphatic carbocycles. The van der Waals surface area contributed by atoms with Gasteiger partial charge in [0, 0.05) is 13.1 Å². The summed E-state index contributed by atoms with van der Waals surface area (Å²) in [5.41, 5.74) is 0.321. The van der Waals surface area contributed by atoms with Crippen molar-refractivity contribution in [3.63, 3.8) is 0 Å². The summed E-state index contributed by atoms with van der Waals surface area (Å²) >= 11 is 0. The zero-order chi connectivity index (χ0) is 13.0. The van der Waals surface area contributed by atoms with E-state index < -0.39 is 5.82 Å². The first kappa shape index (κ1) is 13.0. The summed E-state index contributed by atoms with van der Waals surface area (Å²) in [5, 5.41) is 3.14. The molecular weight excluding hydrogens is 233 g/mol. The lowest BCUT2D eigenvalue weighted by molar-refractivity contribution is 0.0668. The zero-order valence-electron chi connectivity index (χ0n) is 10.5. The number of nitrogens with zero attached hydrogens (tertiary/aromatic N) is 2. The highest BCUT2D eigenvalue weighted by atomic mass is 19.1. The average molecular weight is 251 g/mol. The van der Waals surface area contributed by atoms with Gasteiger partial charge in [0.2, 0.25) is 0 Å². The van der Waals surface area contributed by atoms with Crippen LogP contribution in [0.15, 0.2) is 18.3 Å². The van der Waals surface area contributed by atoms with Crippen LogP contribution in [-0.4, -0.2) is 42.5 Å². The number of hydrogen-bond donors (Lipinski definition) is 1. The Kier molecular flexibility index (Phi) is 4.25. The first-order valence-corrected chi connectivity index (χ1v) is 6.26. The first-order chi connectivity index (χ1) is 8.70. The minimum Gasteiger partial charge on any atom is -0.337 e. The highest BCUT2D eigenvalue weighted by Crippen LogP contribution is 2.17. The smallest absolute Gasteiger partial charge is 0.272 e. The second-order valence-electron chi connectivity index (χ2n) is 4.68. The number of nitrogens with one attached hydrogen (secondary N) is 1. The number of piperidine rings is 1. The Bertz CT molecular complexity index is 405. The summed E-state index contributed by atoms with van der Waals surface area (Å²) in [6.07, 6.45) is 3.24. The summed E-state index contributed by atoms with van der Waals surface area (Å²) in [7, 11) is 1.92. The molecule has 98 valence electrons. The van der Waals surface area contributed by atoms with Crippen LogP contribution in [0.25, 0.3) is 0 Å². The van der Waals surface area contributed by atoms with Crippen LogP contribution in [0.3, 0.4) is 0 Å². The van der Waals surface area contributed by atoms with Crippen molar-refractivity contribution in [1.82, 2.24) is 15.2 Å². The van der Waals surface area contributed by atoms with Gasteiger partial charge in [-0.15, -0.1) is 0 Å². The Balaban J connectivity index is 2.02. The van der Waals surface area contributed by atoms with Gasteiger partial charge in [-0.05, 0) is 44.5 Å². The third-order valence-corrected chi connectivity index (χ3v) is 3.25. The number of aromatic nitrogens is 1. The molecule has 1 atom stereocenters. The molecule has 0 radical (unpaired) electrons. The topological polar surface area (TPSA) is 45.2 Å². The molecule has 0 aromatic carbocycles. The van der Waals surface area contributed by atoms with Crippen LogP contribution in [0.2, 0.25) is 0 Å². The number of halogens is 1. The highest BCUT2D eigenvalue weighted by Gasteiger charge is 2.24. The number of hydrogen-bond acceptors (Lipinski definition) is 3. The minimum atomic E-state index is -0.418. The molecule has 4 nitrogen and oxygen atoms in total. The monoisotopic (exact) mass is 251 g/mol. The van der Waals surface area contributed by atoms with E-state index in [4.69, 9.17) is 0 Å². The molecule has 1 aromatic heterocycles. The molecule has 2 rings (SSSR count). The molecule has 1 aliphatic heterocycles. The Morgan fingerprint density at radius 3 is 3.11 bits per heavy atom. The third-order valence-electron chi connectivity index (χ3n) is 3.25. The van der Waals surface area contributed by atoms with Gasteiger partial charge in [0.25, 0.3) is 5.91 Å². The van der Waals surface area contributed by atoms with E-state index in [0.717, 1.165) is 38.7 Å². The standard InChI is InChI=1S/C13H18FN3O/c1-15-7-10-3-2-6-17(9-10)13(18)12-5-4-11(14)8-16-12/h4-5,8,10,15H,2-3,6-7,9H2,1H3. The number of rotatable bonds is 3. The van der Waals surface area contributed by atoms with Crippen LogP contribution in [0.4, 0.5) is 4.39 Å². The molecule has 0 bridgehead atoms. The van der Waals surface area contributed by atoms with Crippen molar-refractivity contribution in [3.05, 3.63) is 29.8 Å². The van der Waals surface area contributed by atoms with Crippen LogP contribution in [-0.2, 0) is 0 Å². The second-order valence-corrected chi connectivity index (χ2v) is 4.68. The van der Waals surface area contributed by atoms with Gasteiger partial charge in [-0.3, -0.25) is 4.79 Å². The molecule has 1 unspecified atom stereocenters. The predicted molar refractivity (Wildman–Crippen MR) is 66.7 cm³/mol. The van der Waals surface area contributed by atoms with E-state index in [1.54, 1.807) is 0 Å². The van der Waals surface area contributed by atoms with Crippen LogP contribution in [0.1, 0.15) is 23.3 Å². The van der Waals surface area contributed by atoms with Crippen molar-refractivity contribution in [2.75, 3.05) is 26.7 Å². The number of pyridine rings is 1. The van der Waals surface area contributed by atoms with E-state index in [1.807, 2.05) is 11.9 Å². The first-order valence-electron chi connectivity index (χ1n) is 6.26. The van der Waals surface area contributed by atoms with Crippen LogP contribution in [0.5, 0.6) is 0 Å². The molecule has 1 amide bonds. The maximum atomic E-state index is 12.8. The van der Waals surface area contributed by atoms with Gasteiger partial charge in [-0.25, -0.2) is 9.37 Å². The quantitative estimate of drug-likeness (QED) is 0.880. The summed E-state index contributed by atoms with van der Waals surface area (Å²) in [5.74, 6) is -0.0257. The molecule has 5 heteroatoms. The lowest BCUT2D eigenvalue weighted by atomic mass is 9.98. The van der Waals surface area contributed by atoms with E-state index in [-0.39, 0.29) is 5.91 Å². The molecule has 1 N–H and O–H groups in total. The Hall–Kier alpha value is -1.49. The average Bonchev–Trinajstić information content (AvgIpc) is 2.39. The number of likely N-dealkylation sites (tertiary alicyclic amines) is 1.